The molecule has 13 heavy (non-hydrogen) atoms. The first kappa shape index (κ1) is 9.60. The van der Waals surface area contributed by atoms with Crippen molar-refractivity contribution < 1.29 is 4.74 Å². The van der Waals surface area contributed by atoms with Crippen molar-refractivity contribution in [3.05, 3.63) is 23.9 Å². The number of nitrogens with zero attached hydrogens (tertiary/aromatic N) is 1. The second-order valence-electron chi connectivity index (χ2n) is 3.36. The summed E-state index contributed by atoms with van der Waals surface area (Å²) in [6.07, 6.45) is 7.12. The molecule has 2 nitrogen and oxygen atoms in total. The standard InChI is InChI=1S/C11H13NO/c1-5-11(2,3)9-6-7-12-10(8-9)13-4/h1,6-8H,2-4H3. The summed E-state index contributed by atoms with van der Waals surface area (Å²) in [5, 5.41) is 0. The molecule has 0 bridgehead atoms. The fraction of sp³-hybridized carbons (Fsp3) is 0.364. The maximum absolute atomic E-state index is 5.42. The van der Waals surface area contributed by atoms with Gasteiger partial charge in [0.25, 0.3) is 0 Å². The molecule has 0 saturated heterocycles. The Morgan fingerprint density at radius 3 is 2.77 bits per heavy atom. The highest BCUT2D eigenvalue weighted by atomic mass is 16.5. The highest BCUT2D eigenvalue weighted by Gasteiger charge is 2.17. The Bertz CT molecular complexity index is 336. The number of pyridine rings is 1. The van der Waals surface area contributed by atoms with Crippen LogP contribution in [0.25, 0.3) is 0 Å². The first-order valence-corrected chi connectivity index (χ1v) is 4.08. The summed E-state index contributed by atoms with van der Waals surface area (Å²) in [4.78, 5) is 4.01. The van der Waals surface area contributed by atoms with Crippen LogP contribution in [0, 0.1) is 12.3 Å². The van der Waals surface area contributed by atoms with E-state index in [0.717, 1.165) is 5.56 Å². The molecule has 1 rings (SSSR count). The van der Waals surface area contributed by atoms with Gasteiger partial charge in [0.2, 0.25) is 5.88 Å². The zero-order chi connectivity index (χ0) is 9.90. The van der Waals surface area contributed by atoms with Crippen LogP contribution in [-0.4, -0.2) is 12.1 Å². The third-order valence-corrected chi connectivity index (χ3v) is 2.03. The van der Waals surface area contributed by atoms with Gasteiger partial charge in [-0.25, -0.2) is 4.98 Å². The maximum Gasteiger partial charge on any atom is 0.213 e. The molecule has 0 amide bonds. The normalized spacial score (nSPS) is 10.6. The Balaban J connectivity index is 3.10. The van der Waals surface area contributed by atoms with E-state index in [9.17, 15) is 0 Å². The van der Waals surface area contributed by atoms with Crippen molar-refractivity contribution >= 4 is 0 Å². The molecule has 0 radical (unpaired) electrons. The quantitative estimate of drug-likeness (QED) is 0.641. The van der Waals surface area contributed by atoms with Crippen molar-refractivity contribution in [2.45, 2.75) is 19.3 Å². The molecule has 1 aromatic heterocycles. The first-order chi connectivity index (χ1) is 6.10. The zero-order valence-corrected chi connectivity index (χ0v) is 8.16. The van der Waals surface area contributed by atoms with Gasteiger partial charge in [0.1, 0.15) is 0 Å². The third-order valence-electron chi connectivity index (χ3n) is 2.03. The molecule has 68 valence electrons. The van der Waals surface area contributed by atoms with Crippen molar-refractivity contribution in [2.75, 3.05) is 7.11 Å². The molecule has 0 saturated carbocycles. The Kier molecular flexibility index (Phi) is 2.57. The second kappa shape index (κ2) is 3.49. The van der Waals surface area contributed by atoms with Crippen LogP contribution in [0.5, 0.6) is 5.88 Å². The monoisotopic (exact) mass is 175 g/mol. The summed E-state index contributed by atoms with van der Waals surface area (Å²) in [7, 11) is 1.59. The summed E-state index contributed by atoms with van der Waals surface area (Å²) >= 11 is 0. The number of terminal acetylenes is 1. The predicted molar refractivity (Wildman–Crippen MR) is 52.6 cm³/mol. The molecule has 1 heterocycles. The first-order valence-electron chi connectivity index (χ1n) is 4.08. The van der Waals surface area contributed by atoms with Crippen molar-refractivity contribution in [3.63, 3.8) is 0 Å². The lowest BCUT2D eigenvalue weighted by atomic mass is 9.86. The van der Waals surface area contributed by atoms with Gasteiger partial charge in [-0.1, -0.05) is 5.92 Å². The molecule has 1 aromatic rings. The van der Waals surface area contributed by atoms with Crippen LogP contribution in [0.4, 0.5) is 0 Å². The Morgan fingerprint density at radius 2 is 2.23 bits per heavy atom. The average molecular weight is 175 g/mol. The summed E-state index contributed by atoms with van der Waals surface area (Å²) < 4.78 is 5.01. The lowest BCUT2D eigenvalue weighted by Crippen LogP contribution is -2.13. The minimum atomic E-state index is -0.268. The predicted octanol–water partition coefficient (Wildman–Crippen LogP) is 2.00. The number of hydrogen-bond donors (Lipinski definition) is 0. The van der Waals surface area contributed by atoms with Crippen LogP contribution < -0.4 is 4.74 Å². The van der Waals surface area contributed by atoms with Crippen LogP contribution in [0.3, 0.4) is 0 Å². The lowest BCUT2D eigenvalue weighted by Gasteiger charge is -2.17. The minimum Gasteiger partial charge on any atom is -0.481 e. The number of aromatic nitrogens is 1. The smallest absolute Gasteiger partial charge is 0.213 e. The molecule has 2 heteroatoms. The molecular weight excluding hydrogens is 162 g/mol. The van der Waals surface area contributed by atoms with Gasteiger partial charge >= 0.3 is 0 Å². The maximum atomic E-state index is 5.42. The average Bonchev–Trinajstić information content (AvgIpc) is 2.18. The molecule has 0 aliphatic heterocycles. The van der Waals surface area contributed by atoms with Crippen LogP contribution in [0.2, 0.25) is 0 Å². The Labute approximate surface area is 79.0 Å². The lowest BCUT2D eigenvalue weighted by molar-refractivity contribution is 0.396. The summed E-state index contributed by atoms with van der Waals surface area (Å²) in [5.74, 6) is 3.32. The van der Waals surface area contributed by atoms with E-state index in [0.29, 0.717) is 5.88 Å². The number of rotatable bonds is 2. The highest BCUT2D eigenvalue weighted by molar-refractivity contribution is 5.33. The molecule has 0 aliphatic carbocycles. The molecule has 0 aromatic carbocycles. The Hall–Kier alpha value is -1.49. The van der Waals surface area contributed by atoms with E-state index in [1.807, 2.05) is 26.0 Å². The summed E-state index contributed by atoms with van der Waals surface area (Å²) in [5.41, 5.74) is 0.776. The van der Waals surface area contributed by atoms with E-state index in [1.165, 1.54) is 0 Å². The number of hydrogen-bond acceptors (Lipinski definition) is 2. The van der Waals surface area contributed by atoms with Crippen LogP contribution in [0.1, 0.15) is 19.4 Å². The van der Waals surface area contributed by atoms with Gasteiger partial charge in [-0.3, -0.25) is 0 Å². The van der Waals surface area contributed by atoms with Gasteiger partial charge in [0, 0.05) is 12.3 Å². The molecule has 0 aliphatic rings. The molecule has 0 fully saturated rings. The van der Waals surface area contributed by atoms with E-state index in [4.69, 9.17) is 11.2 Å². The fourth-order valence-electron chi connectivity index (χ4n) is 0.993. The van der Waals surface area contributed by atoms with Crippen LogP contribution in [0.15, 0.2) is 18.3 Å². The Morgan fingerprint density at radius 1 is 1.54 bits per heavy atom. The minimum absolute atomic E-state index is 0.268. The van der Waals surface area contributed by atoms with E-state index >= 15 is 0 Å². The molecular formula is C11H13NO. The van der Waals surface area contributed by atoms with Gasteiger partial charge in [-0.2, -0.15) is 0 Å². The van der Waals surface area contributed by atoms with Crippen LogP contribution >= 0.6 is 0 Å². The molecule has 0 unspecified atom stereocenters. The molecule has 0 atom stereocenters. The van der Waals surface area contributed by atoms with Crippen molar-refractivity contribution in [3.8, 4) is 18.2 Å². The van der Waals surface area contributed by atoms with Crippen LogP contribution in [-0.2, 0) is 5.41 Å². The SMILES string of the molecule is C#CC(C)(C)c1ccnc(OC)c1. The van der Waals surface area contributed by atoms with Crippen molar-refractivity contribution in [2.24, 2.45) is 0 Å². The zero-order valence-electron chi connectivity index (χ0n) is 8.16. The van der Waals surface area contributed by atoms with Gasteiger partial charge in [-0.05, 0) is 25.5 Å². The molecule has 0 spiro atoms. The third kappa shape index (κ3) is 2.00. The van der Waals surface area contributed by atoms with E-state index < -0.39 is 0 Å². The van der Waals surface area contributed by atoms with Gasteiger partial charge < -0.3 is 4.74 Å². The topological polar surface area (TPSA) is 22.1 Å². The van der Waals surface area contributed by atoms with E-state index in [1.54, 1.807) is 13.3 Å². The fourth-order valence-corrected chi connectivity index (χ4v) is 0.993. The van der Waals surface area contributed by atoms with Crippen molar-refractivity contribution in [1.29, 1.82) is 0 Å². The number of methoxy groups -OCH3 is 1. The summed E-state index contributed by atoms with van der Waals surface area (Å²) in [6.45, 7) is 3.98. The van der Waals surface area contributed by atoms with E-state index in [2.05, 4.69) is 10.9 Å². The van der Waals surface area contributed by atoms with Gasteiger partial charge in [-0.15, -0.1) is 6.42 Å². The van der Waals surface area contributed by atoms with E-state index in [-0.39, 0.29) is 5.41 Å². The van der Waals surface area contributed by atoms with Gasteiger partial charge in [0.15, 0.2) is 0 Å². The summed E-state index contributed by atoms with van der Waals surface area (Å²) in [6, 6.07) is 3.77. The second-order valence-corrected chi connectivity index (χ2v) is 3.36. The molecule has 0 N–H and O–H groups in total. The van der Waals surface area contributed by atoms with Gasteiger partial charge in [0.05, 0.1) is 12.5 Å². The van der Waals surface area contributed by atoms with Crippen molar-refractivity contribution in [1.82, 2.24) is 4.98 Å². The number of ether oxygens (including phenoxy) is 1. The largest absolute Gasteiger partial charge is 0.481 e. The highest BCUT2D eigenvalue weighted by Crippen LogP contribution is 2.23.